The molecule has 2 aromatic rings. The maximum Gasteiger partial charge on any atom is 2.00 e. The minimum Gasteiger partial charge on any atom is -0.811 e. The van der Waals surface area contributed by atoms with Gasteiger partial charge in [-0.1, -0.05) is 218 Å². The molecule has 0 spiro atoms. The van der Waals surface area contributed by atoms with Crippen molar-refractivity contribution in [3.63, 3.8) is 0 Å². The van der Waals surface area contributed by atoms with E-state index in [1.807, 2.05) is 60.7 Å². The summed E-state index contributed by atoms with van der Waals surface area (Å²) in [5, 5.41) is 0. The quantitative estimate of drug-likeness (QED) is 0.0478. The van der Waals surface area contributed by atoms with Gasteiger partial charge in [-0.25, -0.2) is 0 Å². The average molecular weight is 836 g/mol. The predicted molar refractivity (Wildman–Crippen MR) is 196 cm³/mol. The van der Waals surface area contributed by atoms with E-state index in [9.17, 15) is 28.7 Å². The van der Waals surface area contributed by atoms with Crippen LogP contribution in [0.15, 0.2) is 60.7 Å². The third kappa shape index (κ3) is 29.4. The van der Waals surface area contributed by atoms with Gasteiger partial charge in [-0.2, -0.15) is 0 Å². The van der Waals surface area contributed by atoms with Crippen molar-refractivity contribution >= 4 is 15.2 Å². The molecule has 0 aliphatic carbocycles. The fourth-order valence-electron chi connectivity index (χ4n) is 6.25. The Kier molecular flexibility index (Phi) is 35.0. The van der Waals surface area contributed by atoms with Crippen LogP contribution in [0.25, 0.3) is 0 Å². The molecule has 0 N–H and O–H groups in total. The topological polar surface area (TPSA) is 126 Å². The molecule has 50 heavy (non-hydrogen) atoms. The number of unbranched alkanes of at least 4 members (excludes halogenated alkanes) is 18. The third-order valence-corrected chi connectivity index (χ3v) is 12.0. The average Bonchev–Trinajstić information content (AvgIpc) is 3.05. The first-order valence-corrected chi connectivity index (χ1v) is 22.4. The van der Waals surface area contributed by atoms with Gasteiger partial charge in [0.1, 0.15) is 0 Å². The predicted octanol–water partition coefficient (Wildman–Crippen LogP) is 9.64. The van der Waals surface area contributed by atoms with Crippen LogP contribution in [0.4, 0.5) is 0 Å². The molecule has 0 heterocycles. The molecule has 0 bridgehead atoms. The largest absolute Gasteiger partial charge is 2.00 e. The molecule has 0 amide bonds. The molecule has 276 valence electrons. The summed E-state index contributed by atoms with van der Waals surface area (Å²) < 4.78 is 23.0. The van der Waals surface area contributed by atoms with Crippen LogP contribution in [0.1, 0.15) is 166 Å². The van der Waals surface area contributed by atoms with E-state index in [-0.39, 0.29) is 39.0 Å². The van der Waals surface area contributed by atoms with Crippen LogP contribution in [0.2, 0.25) is 0 Å². The van der Waals surface area contributed by atoms with Gasteiger partial charge < -0.3 is 28.7 Å². The van der Waals surface area contributed by atoms with E-state index < -0.39 is 26.5 Å². The summed E-state index contributed by atoms with van der Waals surface area (Å²) in [6.45, 7) is 4.46. The van der Waals surface area contributed by atoms with Crippen molar-refractivity contribution < 1.29 is 67.7 Å². The summed E-state index contributed by atoms with van der Waals surface area (Å²) in [4.78, 5) is 46.0. The first-order chi connectivity index (χ1) is 23.1. The van der Waals surface area contributed by atoms with Crippen molar-refractivity contribution in [2.75, 3.05) is 0 Å². The second-order valence-corrected chi connectivity index (χ2v) is 17.3. The molecule has 2 unspecified atom stereocenters. The van der Waals surface area contributed by atoms with Crippen LogP contribution < -0.4 is 19.6 Å². The van der Waals surface area contributed by atoms with Gasteiger partial charge in [-0.05, 0) is 48.1 Å². The summed E-state index contributed by atoms with van der Waals surface area (Å²) in [7, 11) is -9.04. The normalized spacial score (nSPS) is 12.6. The number of benzene rings is 2. The molecular formula is C40H66O6P2Zn2. The fourth-order valence-corrected chi connectivity index (χ4v) is 8.12. The van der Waals surface area contributed by atoms with E-state index >= 15 is 0 Å². The van der Waals surface area contributed by atoms with Gasteiger partial charge >= 0.3 is 39.0 Å². The second kappa shape index (κ2) is 33.5. The van der Waals surface area contributed by atoms with Crippen molar-refractivity contribution in [3.05, 3.63) is 71.8 Å². The summed E-state index contributed by atoms with van der Waals surface area (Å²) >= 11 is 0. The van der Waals surface area contributed by atoms with Crippen LogP contribution in [0.3, 0.4) is 0 Å². The number of hydrogen-bond donors (Lipinski definition) is 0. The van der Waals surface area contributed by atoms with Crippen LogP contribution in [-0.4, -0.2) is 11.3 Å². The zero-order chi connectivity index (χ0) is 35.4. The maximum atomic E-state index is 11.5. The summed E-state index contributed by atoms with van der Waals surface area (Å²) in [6.07, 6.45) is 26.0. The Bertz CT molecular complexity index is 1010. The number of hydrogen-bond acceptors (Lipinski definition) is 6. The van der Waals surface area contributed by atoms with E-state index in [1.54, 1.807) is 0 Å². The Morgan fingerprint density at radius 2 is 0.660 bits per heavy atom. The van der Waals surface area contributed by atoms with Crippen molar-refractivity contribution in [2.24, 2.45) is 0 Å². The standard InChI is InChI=1S/2C20H35O3P.2Zn/c2*1-2-3-4-5-6-7-8-9-10-14-17-20(24(21,22)23)18-19-15-12-11-13-16-19;;/h2*11-13,15-16,20H,2-10,14,17-18H2,1H3,(H2,21,22,23);;/q;;2*+2/p-4. The van der Waals surface area contributed by atoms with Gasteiger partial charge in [0.2, 0.25) is 0 Å². The van der Waals surface area contributed by atoms with Gasteiger partial charge in [0.25, 0.3) is 0 Å². The molecule has 0 fully saturated rings. The van der Waals surface area contributed by atoms with Crippen molar-refractivity contribution in [3.8, 4) is 0 Å². The van der Waals surface area contributed by atoms with Crippen molar-refractivity contribution in [2.45, 2.75) is 179 Å². The van der Waals surface area contributed by atoms with E-state index in [4.69, 9.17) is 0 Å². The smallest absolute Gasteiger partial charge is 0.811 e. The van der Waals surface area contributed by atoms with Gasteiger partial charge in [-0.15, -0.1) is 0 Å². The maximum absolute atomic E-state index is 11.5. The van der Waals surface area contributed by atoms with E-state index in [0.29, 0.717) is 25.7 Å². The zero-order valence-corrected chi connectivity index (χ0v) is 39.4. The molecule has 2 rings (SSSR count). The van der Waals surface area contributed by atoms with Crippen molar-refractivity contribution in [1.29, 1.82) is 0 Å². The Morgan fingerprint density at radius 1 is 0.420 bits per heavy atom. The third-order valence-electron chi connectivity index (χ3n) is 9.30. The zero-order valence-electron chi connectivity index (χ0n) is 31.7. The molecule has 0 aliphatic rings. The second-order valence-electron chi connectivity index (χ2n) is 13.7. The Labute approximate surface area is 332 Å². The monoisotopic (exact) mass is 832 g/mol. The Balaban J connectivity index is 0. The van der Waals surface area contributed by atoms with E-state index in [1.165, 1.54) is 89.9 Å². The van der Waals surface area contributed by atoms with Gasteiger partial charge in [0, 0.05) is 0 Å². The van der Waals surface area contributed by atoms with Crippen LogP contribution in [-0.2, 0) is 60.9 Å². The van der Waals surface area contributed by atoms with Gasteiger partial charge in [0.05, 0.1) is 0 Å². The van der Waals surface area contributed by atoms with Crippen LogP contribution >= 0.6 is 15.2 Å². The summed E-state index contributed by atoms with van der Waals surface area (Å²) in [5.74, 6) is 0. The first-order valence-electron chi connectivity index (χ1n) is 19.2. The SMILES string of the molecule is CCCCCCCCCCCCC(Cc1ccccc1)P(=O)([O-])[O-].CCCCCCCCCCCCC(Cc1ccccc1)P(=O)([O-])[O-].[Zn+2].[Zn+2]. The molecule has 0 saturated heterocycles. The molecule has 2 aromatic carbocycles. The van der Waals surface area contributed by atoms with Gasteiger partial charge in [-0.3, -0.25) is 0 Å². The van der Waals surface area contributed by atoms with Gasteiger partial charge in [0.15, 0.2) is 0 Å². The minimum atomic E-state index is -4.52. The fraction of sp³-hybridized carbons (Fsp3) is 0.700. The van der Waals surface area contributed by atoms with E-state index in [0.717, 1.165) is 49.7 Å². The number of rotatable bonds is 28. The molecule has 2 atom stereocenters. The van der Waals surface area contributed by atoms with Crippen LogP contribution in [0, 0.1) is 0 Å². The Hall–Kier alpha value is -0.0132. The molecular weight excluding hydrogens is 769 g/mol. The molecule has 6 nitrogen and oxygen atoms in total. The molecule has 0 aliphatic heterocycles. The summed E-state index contributed by atoms with van der Waals surface area (Å²) in [5.41, 5.74) is 0.353. The molecule has 0 radical (unpaired) electrons. The van der Waals surface area contributed by atoms with Crippen LogP contribution in [0.5, 0.6) is 0 Å². The first kappa shape index (κ1) is 52.1. The Morgan fingerprint density at radius 3 is 0.900 bits per heavy atom. The van der Waals surface area contributed by atoms with Crippen molar-refractivity contribution in [1.82, 2.24) is 0 Å². The van der Waals surface area contributed by atoms with E-state index in [2.05, 4.69) is 13.8 Å². The molecule has 0 saturated carbocycles. The minimum absolute atomic E-state index is 0. The summed E-state index contributed by atoms with van der Waals surface area (Å²) in [6, 6.07) is 18.9. The molecule has 10 heteroatoms. The molecule has 0 aromatic heterocycles.